The summed E-state index contributed by atoms with van der Waals surface area (Å²) in [5, 5.41) is 0. The van der Waals surface area contributed by atoms with Crippen LogP contribution in [0.1, 0.15) is 52.2 Å². The fourth-order valence-corrected chi connectivity index (χ4v) is 5.79. The van der Waals surface area contributed by atoms with Crippen molar-refractivity contribution in [3.8, 4) is 5.75 Å². The van der Waals surface area contributed by atoms with Crippen molar-refractivity contribution < 1.29 is 9.47 Å². The molecule has 5 atom stereocenters. The second-order valence-electron chi connectivity index (χ2n) is 8.18. The SMILES string of the molecule is CC1C(C2(C)CCC3C(O2)c2ccccc2OC3(C)C)C1(Cl)Cl. The zero-order valence-corrected chi connectivity index (χ0v) is 15.6. The van der Waals surface area contributed by atoms with Gasteiger partial charge in [-0.25, -0.2) is 0 Å². The molecule has 0 radical (unpaired) electrons. The third kappa shape index (κ3) is 2.25. The number of halogens is 2. The fourth-order valence-electron chi connectivity index (χ4n) is 4.83. The molecular weight excluding hydrogens is 331 g/mol. The number of fused-ring (bicyclic) bond motifs is 3. The first kappa shape index (κ1) is 16.1. The van der Waals surface area contributed by atoms with Crippen LogP contribution in [0.3, 0.4) is 0 Å². The van der Waals surface area contributed by atoms with Crippen molar-refractivity contribution in [1.82, 2.24) is 0 Å². The van der Waals surface area contributed by atoms with Gasteiger partial charge in [-0.3, -0.25) is 0 Å². The molecule has 1 saturated carbocycles. The van der Waals surface area contributed by atoms with Crippen LogP contribution in [0, 0.1) is 17.8 Å². The molecule has 1 saturated heterocycles. The van der Waals surface area contributed by atoms with E-state index in [1.807, 2.05) is 12.1 Å². The van der Waals surface area contributed by atoms with Crippen LogP contribution in [0.25, 0.3) is 0 Å². The van der Waals surface area contributed by atoms with Crippen LogP contribution in [-0.2, 0) is 4.74 Å². The van der Waals surface area contributed by atoms with Crippen molar-refractivity contribution >= 4 is 23.2 Å². The van der Waals surface area contributed by atoms with Crippen LogP contribution in [0.4, 0.5) is 0 Å². The van der Waals surface area contributed by atoms with Gasteiger partial charge in [-0.15, -0.1) is 23.2 Å². The molecule has 2 nitrogen and oxygen atoms in total. The third-order valence-electron chi connectivity index (χ3n) is 6.28. The Morgan fingerprint density at radius 2 is 1.78 bits per heavy atom. The minimum Gasteiger partial charge on any atom is -0.487 e. The van der Waals surface area contributed by atoms with Crippen LogP contribution >= 0.6 is 23.2 Å². The predicted molar refractivity (Wildman–Crippen MR) is 93.2 cm³/mol. The van der Waals surface area contributed by atoms with Gasteiger partial charge in [0.1, 0.15) is 15.7 Å². The summed E-state index contributed by atoms with van der Waals surface area (Å²) < 4.78 is 12.3. The van der Waals surface area contributed by atoms with Crippen molar-refractivity contribution in [1.29, 1.82) is 0 Å². The van der Waals surface area contributed by atoms with Crippen molar-refractivity contribution in [3.63, 3.8) is 0 Å². The maximum Gasteiger partial charge on any atom is 0.127 e. The molecule has 0 spiro atoms. The lowest BCUT2D eigenvalue weighted by molar-refractivity contribution is -0.199. The van der Waals surface area contributed by atoms with E-state index < -0.39 is 4.33 Å². The number of hydrogen-bond acceptors (Lipinski definition) is 2. The minimum absolute atomic E-state index is 0.0469. The lowest BCUT2D eigenvalue weighted by Crippen LogP contribution is -2.52. The Labute approximate surface area is 148 Å². The molecule has 2 heterocycles. The average Bonchev–Trinajstić information content (AvgIpc) is 2.97. The predicted octanol–water partition coefficient (Wildman–Crippen LogP) is 5.52. The van der Waals surface area contributed by atoms with Crippen LogP contribution in [0.15, 0.2) is 24.3 Å². The summed E-state index contributed by atoms with van der Waals surface area (Å²) in [5.74, 6) is 1.75. The highest BCUT2D eigenvalue weighted by Crippen LogP contribution is 2.67. The topological polar surface area (TPSA) is 18.5 Å². The third-order valence-corrected chi connectivity index (χ3v) is 7.43. The van der Waals surface area contributed by atoms with Crippen molar-refractivity contribution in [3.05, 3.63) is 29.8 Å². The average molecular weight is 355 g/mol. The number of para-hydroxylation sites is 1. The maximum absolute atomic E-state index is 6.72. The summed E-state index contributed by atoms with van der Waals surface area (Å²) >= 11 is 12.9. The highest BCUT2D eigenvalue weighted by atomic mass is 35.5. The Morgan fingerprint density at radius 1 is 1.13 bits per heavy atom. The van der Waals surface area contributed by atoms with Gasteiger partial charge >= 0.3 is 0 Å². The molecule has 0 aromatic heterocycles. The van der Waals surface area contributed by atoms with E-state index in [0.29, 0.717) is 5.92 Å². The van der Waals surface area contributed by atoms with Crippen LogP contribution in [-0.4, -0.2) is 15.5 Å². The molecule has 5 unspecified atom stereocenters. The van der Waals surface area contributed by atoms with E-state index in [2.05, 4.69) is 39.8 Å². The molecule has 23 heavy (non-hydrogen) atoms. The Balaban J connectivity index is 1.71. The van der Waals surface area contributed by atoms with Crippen LogP contribution < -0.4 is 4.74 Å². The Hall–Kier alpha value is -0.440. The standard InChI is InChI=1S/C19H24Cl2O2/c1-11-16(19(11,20)21)18(4)10-9-13-15(23-18)12-7-5-6-8-14(12)22-17(13,2)3/h5-8,11,13,15-16H,9-10H2,1-4H3. The molecule has 2 aliphatic heterocycles. The quantitative estimate of drug-likeness (QED) is 0.617. The van der Waals surface area contributed by atoms with Gasteiger partial charge in [0.05, 0.1) is 11.7 Å². The number of ether oxygens (including phenoxy) is 2. The molecule has 1 aromatic rings. The number of benzene rings is 1. The lowest BCUT2D eigenvalue weighted by atomic mass is 9.72. The van der Waals surface area contributed by atoms with Gasteiger partial charge in [-0.2, -0.15) is 0 Å². The number of rotatable bonds is 1. The summed E-state index contributed by atoms with van der Waals surface area (Å²) in [5.41, 5.74) is 0.657. The van der Waals surface area contributed by atoms with Crippen molar-refractivity contribution in [2.45, 2.75) is 62.2 Å². The van der Waals surface area contributed by atoms with Crippen molar-refractivity contribution in [2.75, 3.05) is 0 Å². The van der Waals surface area contributed by atoms with Crippen molar-refractivity contribution in [2.24, 2.45) is 17.8 Å². The molecule has 0 bridgehead atoms. The van der Waals surface area contributed by atoms with Crippen LogP contribution in [0.2, 0.25) is 0 Å². The van der Waals surface area contributed by atoms with E-state index in [4.69, 9.17) is 32.7 Å². The molecule has 4 rings (SSSR count). The molecule has 0 amide bonds. The fraction of sp³-hybridized carbons (Fsp3) is 0.684. The normalized spacial score (nSPS) is 43.0. The Morgan fingerprint density at radius 3 is 2.43 bits per heavy atom. The molecule has 4 heteroatoms. The highest BCUT2D eigenvalue weighted by Gasteiger charge is 2.69. The van der Waals surface area contributed by atoms with Gasteiger partial charge in [0, 0.05) is 17.4 Å². The second kappa shape index (κ2) is 4.80. The molecule has 3 aliphatic rings. The number of alkyl halides is 2. The monoisotopic (exact) mass is 354 g/mol. The Kier molecular flexibility index (Phi) is 3.35. The molecular formula is C19H24Cl2O2. The van der Waals surface area contributed by atoms with E-state index >= 15 is 0 Å². The second-order valence-corrected chi connectivity index (χ2v) is 9.62. The van der Waals surface area contributed by atoms with E-state index in [1.54, 1.807) is 0 Å². The summed E-state index contributed by atoms with van der Waals surface area (Å²) in [6.07, 6.45) is 2.08. The summed E-state index contributed by atoms with van der Waals surface area (Å²) in [4.78, 5) is 0. The maximum atomic E-state index is 6.72. The molecule has 0 N–H and O–H groups in total. The molecule has 1 aromatic carbocycles. The van der Waals surface area contributed by atoms with E-state index in [1.165, 1.54) is 0 Å². The smallest absolute Gasteiger partial charge is 0.127 e. The summed E-state index contributed by atoms with van der Waals surface area (Å²) in [6, 6.07) is 8.23. The summed E-state index contributed by atoms with van der Waals surface area (Å²) in [7, 11) is 0. The highest BCUT2D eigenvalue weighted by molar-refractivity contribution is 6.51. The summed E-state index contributed by atoms with van der Waals surface area (Å²) in [6.45, 7) is 8.63. The number of hydrogen-bond donors (Lipinski definition) is 0. The largest absolute Gasteiger partial charge is 0.487 e. The van der Waals surface area contributed by atoms with Gasteiger partial charge in [0.15, 0.2) is 0 Å². The molecule has 2 fully saturated rings. The zero-order valence-electron chi connectivity index (χ0n) is 14.1. The van der Waals surface area contributed by atoms with Gasteiger partial charge in [0.25, 0.3) is 0 Å². The molecule has 126 valence electrons. The Bertz CT molecular complexity index is 642. The van der Waals surface area contributed by atoms with Gasteiger partial charge in [0.2, 0.25) is 0 Å². The first-order valence-electron chi connectivity index (χ1n) is 8.50. The van der Waals surface area contributed by atoms with E-state index in [-0.39, 0.29) is 29.1 Å². The first-order valence-corrected chi connectivity index (χ1v) is 9.26. The van der Waals surface area contributed by atoms with E-state index in [9.17, 15) is 0 Å². The van der Waals surface area contributed by atoms with Crippen LogP contribution in [0.5, 0.6) is 5.75 Å². The first-order chi connectivity index (χ1) is 10.7. The zero-order chi connectivity index (χ0) is 16.6. The van der Waals surface area contributed by atoms with Gasteiger partial charge in [-0.1, -0.05) is 25.1 Å². The lowest BCUT2D eigenvalue weighted by Gasteiger charge is -2.52. The van der Waals surface area contributed by atoms with Gasteiger partial charge in [-0.05, 0) is 45.6 Å². The van der Waals surface area contributed by atoms with Gasteiger partial charge < -0.3 is 9.47 Å². The minimum atomic E-state index is -0.651. The molecule has 1 aliphatic carbocycles. The van der Waals surface area contributed by atoms with E-state index in [0.717, 1.165) is 24.2 Å².